The fourth-order valence-corrected chi connectivity index (χ4v) is 1.40. The van der Waals surface area contributed by atoms with E-state index in [0.29, 0.717) is 5.94 Å². The minimum Gasteiger partial charge on any atom is -0.385 e. The third kappa shape index (κ3) is 5.08. The van der Waals surface area contributed by atoms with Gasteiger partial charge in [-0.05, 0) is 12.3 Å². The number of nitrogens with one attached hydrogen (secondary N) is 1. The highest BCUT2D eigenvalue weighted by atomic mass is 32.2. The van der Waals surface area contributed by atoms with Gasteiger partial charge in [-0.2, -0.15) is 13.2 Å². The van der Waals surface area contributed by atoms with Gasteiger partial charge in [0.15, 0.2) is 5.94 Å². The Balaban J connectivity index is 2.62. The molecular weight excluding hydrogens is 295 g/mol. The zero-order valence-corrected chi connectivity index (χ0v) is 11.3. The molecule has 1 N–H and O–H groups in total. The van der Waals surface area contributed by atoms with E-state index in [0.717, 1.165) is 18.5 Å². The Kier molecular flexibility index (Phi) is 6.29. The lowest BCUT2D eigenvalue weighted by Crippen LogP contribution is -2.28. The molecule has 0 spiro atoms. The van der Waals surface area contributed by atoms with Crippen LogP contribution in [0.25, 0.3) is 0 Å². The standard InChI is InChI=1S/C11H12F3N3O2S/c1-20-7-19-17-5-4-16-10(18)8-6-15-3-2-9(8)11(12,13)14/h2-3,5-6H,4,7H2,1H3,(H,16,18). The summed E-state index contributed by atoms with van der Waals surface area (Å²) in [6.07, 6.45) is 0.318. The topological polar surface area (TPSA) is 63.6 Å². The molecule has 110 valence electrons. The number of amides is 1. The molecule has 0 aliphatic carbocycles. The highest BCUT2D eigenvalue weighted by molar-refractivity contribution is 7.98. The first-order valence-corrected chi connectivity index (χ1v) is 6.78. The molecule has 20 heavy (non-hydrogen) atoms. The summed E-state index contributed by atoms with van der Waals surface area (Å²) in [5.41, 5.74) is -1.56. The number of carbonyl (C=O) groups is 1. The summed E-state index contributed by atoms with van der Waals surface area (Å²) in [6.45, 7) is -0.0423. The maximum atomic E-state index is 12.7. The number of nitrogens with zero attached hydrogens (tertiary/aromatic N) is 2. The molecule has 0 atom stereocenters. The van der Waals surface area contributed by atoms with Crippen molar-refractivity contribution in [2.75, 3.05) is 18.7 Å². The normalized spacial score (nSPS) is 11.6. The fourth-order valence-electron chi connectivity index (χ4n) is 1.23. The van der Waals surface area contributed by atoms with Gasteiger partial charge in [0.05, 0.1) is 23.9 Å². The van der Waals surface area contributed by atoms with E-state index in [1.807, 2.05) is 6.26 Å². The highest BCUT2D eigenvalue weighted by Gasteiger charge is 2.35. The van der Waals surface area contributed by atoms with Crippen LogP contribution in [0.15, 0.2) is 23.6 Å². The minimum atomic E-state index is -4.61. The van der Waals surface area contributed by atoms with Crippen molar-refractivity contribution in [2.45, 2.75) is 6.18 Å². The quantitative estimate of drug-likeness (QED) is 0.378. The minimum absolute atomic E-state index is 0.0423. The van der Waals surface area contributed by atoms with Gasteiger partial charge in [0.1, 0.15) is 0 Å². The predicted molar refractivity (Wildman–Crippen MR) is 69.5 cm³/mol. The van der Waals surface area contributed by atoms with E-state index in [1.54, 1.807) is 0 Å². The number of aromatic nitrogens is 1. The third-order valence-corrected chi connectivity index (χ3v) is 2.39. The van der Waals surface area contributed by atoms with Crippen LogP contribution in [-0.4, -0.2) is 35.8 Å². The molecule has 1 rings (SSSR count). The number of rotatable bonds is 6. The number of pyridine rings is 1. The maximum absolute atomic E-state index is 12.7. The molecule has 1 aromatic heterocycles. The van der Waals surface area contributed by atoms with Gasteiger partial charge in [-0.15, -0.1) is 11.8 Å². The Hall–Kier alpha value is -1.77. The maximum Gasteiger partial charge on any atom is 0.417 e. The average molecular weight is 307 g/mol. The van der Waals surface area contributed by atoms with E-state index < -0.39 is 23.2 Å². The third-order valence-electron chi connectivity index (χ3n) is 2.04. The lowest BCUT2D eigenvalue weighted by Gasteiger charge is -2.11. The van der Waals surface area contributed by atoms with Gasteiger partial charge >= 0.3 is 6.18 Å². The van der Waals surface area contributed by atoms with Gasteiger partial charge < -0.3 is 10.2 Å². The Labute approximate surface area is 117 Å². The van der Waals surface area contributed by atoms with Crippen molar-refractivity contribution in [1.82, 2.24) is 10.3 Å². The van der Waals surface area contributed by atoms with E-state index in [-0.39, 0.29) is 6.54 Å². The van der Waals surface area contributed by atoms with Gasteiger partial charge in [-0.1, -0.05) is 5.16 Å². The lowest BCUT2D eigenvalue weighted by molar-refractivity contribution is -0.138. The summed E-state index contributed by atoms with van der Waals surface area (Å²) < 4.78 is 38.0. The second-order valence-electron chi connectivity index (χ2n) is 3.45. The van der Waals surface area contributed by atoms with Crippen molar-refractivity contribution in [3.8, 4) is 0 Å². The molecule has 1 amide bonds. The first-order valence-electron chi connectivity index (χ1n) is 5.39. The van der Waals surface area contributed by atoms with E-state index in [2.05, 4.69) is 15.5 Å². The largest absolute Gasteiger partial charge is 0.417 e. The monoisotopic (exact) mass is 307 g/mol. The molecule has 0 aliphatic heterocycles. The molecule has 0 unspecified atom stereocenters. The second-order valence-corrected chi connectivity index (χ2v) is 4.27. The Bertz CT molecular complexity index is 480. The molecule has 1 heterocycles. The lowest BCUT2D eigenvalue weighted by atomic mass is 10.1. The van der Waals surface area contributed by atoms with Gasteiger partial charge in [0, 0.05) is 12.4 Å². The van der Waals surface area contributed by atoms with Crippen LogP contribution in [0.2, 0.25) is 0 Å². The smallest absolute Gasteiger partial charge is 0.385 e. The summed E-state index contributed by atoms with van der Waals surface area (Å²) in [7, 11) is 0. The average Bonchev–Trinajstić information content (AvgIpc) is 2.41. The Morgan fingerprint density at radius 1 is 1.60 bits per heavy atom. The molecule has 0 saturated heterocycles. The van der Waals surface area contributed by atoms with Crippen LogP contribution in [0.5, 0.6) is 0 Å². The fraction of sp³-hybridized carbons (Fsp3) is 0.364. The number of carbonyl (C=O) groups excluding carboxylic acids is 1. The number of thioether (sulfide) groups is 1. The molecule has 5 nitrogen and oxygen atoms in total. The van der Waals surface area contributed by atoms with Crippen LogP contribution in [0, 0.1) is 0 Å². The highest BCUT2D eigenvalue weighted by Crippen LogP contribution is 2.31. The number of halogens is 3. The van der Waals surface area contributed by atoms with Crippen LogP contribution in [0.3, 0.4) is 0 Å². The summed E-state index contributed by atoms with van der Waals surface area (Å²) in [6, 6.07) is 0.755. The molecule has 0 fully saturated rings. The number of alkyl halides is 3. The van der Waals surface area contributed by atoms with Crippen molar-refractivity contribution < 1.29 is 22.8 Å². The molecule has 0 radical (unpaired) electrons. The molecule has 0 saturated carbocycles. The van der Waals surface area contributed by atoms with E-state index in [4.69, 9.17) is 4.84 Å². The van der Waals surface area contributed by atoms with E-state index in [1.165, 1.54) is 18.0 Å². The number of hydrogen-bond acceptors (Lipinski definition) is 5. The molecular formula is C11H12F3N3O2S. The van der Waals surface area contributed by atoms with E-state index >= 15 is 0 Å². The van der Waals surface area contributed by atoms with Crippen LogP contribution >= 0.6 is 11.8 Å². The molecule has 0 aromatic carbocycles. The van der Waals surface area contributed by atoms with Crippen molar-refractivity contribution in [3.05, 3.63) is 29.6 Å². The van der Waals surface area contributed by atoms with Crippen molar-refractivity contribution in [1.29, 1.82) is 0 Å². The van der Waals surface area contributed by atoms with Crippen LogP contribution in [-0.2, 0) is 11.0 Å². The Morgan fingerprint density at radius 3 is 3.00 bits per heavy atom. The number of oxime groups is 1. The van der Waals surface area contributed by atoms with Crippen LogP contribution in [0.4, 0.5) is 13.2 Å². The summed E-state index contributed by atoms with van der Waals surface area (Å²) in [5, 5.41) is 5.77. The van der Waals surface area contributed by atoms with Gasteiger partial charge in [-0.25, -0.2) is 0 Å². The summed E-state index contributed by atoms with van der Waals surface area (Å²) in [5.74, 6) is -0.521. The van der Waals surface area contributed by atoms with Crippen LogP contribution in [0.1, 0.15) is 15.9 Å². The first kappa shape index (κ1) is 16.3. The van der Waals surface area contributed by atoms with Gasteiger partial charge in [0.25, 0.3) is 5.91 Å². The predicted octanol–water partition coefficient (Wildman–Crippen LogP) is 2.15. The zero-order chi connectivity index (χ0) is 15.0. The molecule has 0 bridgehead atoms. The van der Waals surface area contributed by atoms with Crippen molar-refractivity contribution >= 4 is 23.9 Å². The zero-order valence-electron chi connectivity index (χ0n) is 10.5. The SMILES string of the molecule is CSCON=CCNC(=O)c1cnccc1C(F)(F)F. The van der Waals surface area contributed by atoms with E-state index in [9.17, 15) is 18.0 Å². The first-order chi connectivity index (χ1) is 9.46. The second kappa shape index (κ2) is 7.73. The molecule has 9 heteroatoms. The number of hydrogen-bond donors (Lipinski definition) is 1. The molecule has 1 aromatic rings. The van der Waals surface area contributed by atoms with Crippen molar-refractivity contribution in [2.24, 2.45) is 5.16 Å². The molecule has 0 aliphatic rings. The van der Waals surface area contributed by atoms with Crippen molar-refractivity contribution in [3.63, 3.8) is 0 Å². The van der Waals surface area contributed by atoms with Crippen LogP contribution < -0.4 is 5.32 Å². The Morgan fingerprint density at radius 2 is 2.35 bits per heavy atom. The summed E-state index contributed by atoms with van der Waals surface area (Å²) >= 11 is 1.41. The summed E-state index contributed by atoms with van der Waals surface area (Å²) in [4.78, 5) is 19.9. The van der Waals surface area contributed by atoms with Gasteiger partial charge in [0.2, 0.25) is 0 Å². The van der Waals surface area contributed by atoms with Gasteiger partial charge in [-0.3, -0.25) is 9.78 Å².